The summed E-state index contributed by atoms with van der Waals surface area (Å²) in [6.45, 7) is 0.449. The largest absolute Gasteiger partial charge is 0.506 e. The van der Waals surface area contributed by atoms with Gasteiger partial charge in [0, 0.05) is 30.0 Å². The van der Waals surface area contributed by atoms with Gasteiger partial charge in [0.1, 0.15) is 5.75 Å². The number of amides is 1. The van der Waals surface area contributed by atoms with E-state index < -0.39 is 0 Å². The van der Waals surface area contributed by atoms with Crippen molar-refractivity contribution >= 4 is 23.2 Å². The van der Waals surface area contributed by atoms with Crippen molar-refractivity contribution in [2.45, 2.75) is 6.42 Å². The van der Waals surface area contributed by atoms with Crippen molar-refractivity contribution in [2.75, 3.05) is 11.4 Å². The van der Waals surface area contributed by atoms with Gasteiger partial charge in [-0.1, -0.05) is 11.6 Å². The number of halogens is 1. The molecule has 1 amide bonds. The summed E-state index contributed by atoms with van der Waals surface area (Å²) in [5, 5.41) is 10.1. The van der Waals surface area contributed by atoms with Crippen molar-refractivity contribution in [3.8, 4) is 18.1 Å². The molecule has 0 radical (unpaired) electrons. The van der Waals surface area contributed by atoms with Crippen molar-refractivity contribution in [1.82, 2.24) is 0 Å². The molecule has 0 saturated carbocycles. The van der Waals surface area contributed by atoms with E-state index in [1.54, 1.807) is 12.1 Å². The van der Waals surface area contributed by atoms with Gasteiger partial charge in [-0.05, 0) is 12.1 Å². The molecule has 0 aliphatic carbocycles. The van der Waals surface area contributed by atoms with E-state index in [1.165, 1.54) is 11.0 Å². The Morgan fingerprint density at radius 3 is 2.88 bits per heavy atom. The zero-order valence-electron chi connectivity index (χ0n) is 8.48. The standard InChI is InChI=1S/C12H10ClNO2/c1-2-8-5-12(16)14(7-8)10-4-3-9(13)6-11(10)15/h1,3-4,6,8,15H,5,7H2. The molecule has 1 fully saturated rings. The van der Waals surface area contributed by atoms with Crippen LogP contribution in [-0.4, -0.2) is 17.6 Å². The Morgan fingerprint density at radius 2 is 2.31 bits per heavy atom. The van der Waals surface area contributed by atoms with Gasteiger partial charge in [0.2, 0.25) is 5.91 Å². The summed E-state index contributed by atoms with van der Waals surface area (Å²) < 4.78 is 0. The molecule has 4 heteroatoms. The maximum absolute atomic E-state index is 11.7. The number of phenols is 1. The van der Waals surface area contributed by atoms with Gasteiger partial charge in [0.25, 0.3) is 0 Å². The van der Waals surface area contributed by atoms with Crippen molar-refractivity contribution in [3.63, 3.8) is 0 Å². The van der Waals surface area contributed by atoms with Crippen molar-refractivity contribution in [2.24, 2.45) is 5.92 Å². The lowest BCUT2D eigenvalue weighted by atomic mass is 10.1. The van der Waals surface area contributed by atoms with Crippen LogP contribution in [0, 0.1) is 18.3 Å². The molecule has 1 aliphatic rings. The quantitative estimate of drug-likeness (QED) is 0.757. The van der Waals surface area contributed by atoms with Crippen LogP contribution in [0.1, 0.15) is 6.42 Å². The predicted octanol–water partition coefficient (Wildman–Crippen LogP) is 2.03. The minimum absolute atomic E-state index is 0.00137. The number of hydrogen-bond donors (Lipinski definition) is 1. The summed E-state index contributed by atoms with van der Waals surface area (Å²) in [4.78, 5) is 13.2. The van der Waals surface area contributed by atoms with E-state index in [9.17, 15) is 9.90 Å². The Labute approximate surface area is 98.6 Å². The van der Waals surface area contributed by atoms with E-state index >= 15 is 0 Å². The molecular weight excluding hydrogens is 226 g/mol. The fourth-order valence-corrected chi connectivity index (χ4v) is 1.94. The second-order valence-electron chi connectivity index (χ2n) is 3.71. The minimum atomic E-state index is -0.0809. The summed E-state index contributed by atoms with van der Waals surface area (Å²) in [5.41, 5.74) is 0.465. The number of rotatable bonds is 1. The third kappa shape index (κ3) is 1.84. The summed E-state index contributed by atoms with van der Waals surface area (Å²) in [5.74, 6) is 2.40. The number of carbonyl (C=O) groups excluding carboxylic acids is 1. The fourth-order valence-electron chi connectivity index (χ4n) is 1.78. The molecule has 1 aromatic carbocycles. The lowest BCUT2D eigenvalue weighted by molar-refractivity contribution is -0.117. The van der Waals surface area contributed by atoms with E-state index in [0.717, 1.165) is 0 Å². The van der Waals surface area contributed by atoms with E-state index in [0.29, 0.717) is 23.7 Å². The summed E-state index contributed by atoms with van der Waals surface area (Å²) >= 11 is 5.72. The Kier molecular flexibility index (Phi) is 2.76. The normalized spacial score (nSPS) is 19.9. The molecule has 0 aromatic heterocycles. The molecule has 2 rings (SSSR count). The number of carbonyl (C=O) groups is 1. The molecule has 1 unspecified atom stereocenters. The van der Waals surface area contributed by atoms with Crippen LogP contribution in [0.3, 0.4) is 0 Å². The maximum atomic E-state index is 11.7. The molecule has 82 valence electrons. The van der Waals surface area contributed by atoms with Gasteiger partial charge in [-0.2, -0.15) is 0 Å². The zero-order chi connectivity index (χ0) is 11.7. The second kappa shape index (κ2) is 4.07. The molecule has 1 atom stereocenters. The molecule has 1 saturated heterocycles. The molecular formula is C12H10ClNO2. The number of terminal acetylenes is 1. The zero-order valence-corrected chi connectivity index (χ0v) is 9.24. The molecule has 0 bridgehead atoms. The number of anilines is 1. The third-order valence-corrected chi connectivity index (χ3v) is 2.82. The van der Waals surface area contributed by atoms with Crippen LogP contribution in [0.5, 0.6) is 5.75 Å². The minimum Gasteiger partial charge on any atom is -0.506 e. The smallest absolute Gasteiger partial charge is 0.228 e. The first-order valence-electron chi connectivity index (χ1n) is 4.87. The number of hydrogen-bond acceptors (Lipinski definition) is 2. The van der Waals surface area contributed by atoms with Crippen LogP contribution in [0.4, 0.5) is 5.69 Å². The molecule has 0 spiro atoms. The average Bonchev–Trinajstić information content (AvgIpc) is 2.60. The van der Waals surface area contributed by atoms with E-state index in [-0.39, 0.29) is 17.6 Å². The van der Waals surface area contributed by atoms with Crippen molar-refractivity contribution in [3.05, 3.63) is 23.2 Å². The van der Waals surface area contributed by atoms with Gasteiger partial charge in [-0.25, -0.2) is 0 Å². The summed E-state index contributed by atoms with van der Waals surface area (Å²) in [7, 11) is 0. The number of benzene rings is 1. The first-order valence-corrected chi connectivity index (χ1v) is 5.24. The van der Waals surface area contributed by atoms with Crippen LogP contribution in [-0.2, 0) is 4.79 Å². The van der Waals surface area contributed by atoms with Gasteiger partial charge in [0.05, 0.1) is 5.69 Å². The Morgan fingerprint density at radius 1 is 1.56 bits per heavy atom. The van der Waals surface area contributed by atoms with Gasteiger partial charge in [-0.3, -0.25) is 4.79 Å². The van der Waals surface area contributed by atoms with E-state index in [2.05, 4.69) is 5.92 Å². The highest BCUT2D eigenvalue weighted by Gasteiger charge is 2.30. The van der Waals surface area contributed by atoms with Gasteiger partial charge >= 0.3 is 0 Å². The van der Waals surface area contributed by atoms with Crippen LogP contribution < -0.4 is 4.90 Å². The van der Waals surface area contributed by atoms with E-state index in [1.807, 2.05) is 0 Å². The monoisotopic (exact) mass is 235 g/mol. The molecule has 1 aliphatic heterocycles. The van der Waals surface area contributed by atoms with Gasteiger partial charge in [0.15, 0.2) is 0 Å². The highest BCUT2D eigenvalue weighted by molar-refractivity contribution is 6.30. The van der Waals surface area contributed by atoms with Crippen LogP contribution >= 0.6 is 11.6 Å². The topological polar surface area (TPSA) is 40.5 Å². The first-order chi connectivity index (χ1) is 7.61. The highest BCUT2D eigenvalue weighted by atomic mass is 35.5. The molecule has 16 heavy (non-hydrogen) atoms. The molecule has 1 aromatic rings. The van der Waals surface area contributed by atoms with Crippen molar-refractivity contribution < 1.29 is 9.90 Å². The predicted molar refractivity (Wildman–Crippen MR) is 62.4 cm³/mol. The summed E-state index contributed by atoms with van der Waals surface area (Å²) in [6.07, 6.45) is 5.62. The second-order valence-corrected chi connectivity index (χ2v) is 4.14. The molecule has 1 N–H and O–H groups in total. The van der Waals surface area contributed by atoms with E-state index in [4.69, 9.17) is 18.0 Å². The van der Waals surface area contributed by atoms with Gasteiger partial charge in [-0.15, -0.1) is 12.3 Å². The van der Waals surface area contributed by atoms with Crippen molar-refractivity contribution in [1.29, 1.82) is 0 Å². The van der Waals surface area contributed by atoms with Crippen LogP contribution in [0.25, 0.3) is 0 Å². The number of phenolic OH excluding ortho intramolecular Hbond substituents is 1. The lowest BCUT2D eigenvalue weighted by Gasteiger charge is -2.17. The molecule has 3 nitrogen and oxygen atoms in total. The summed E-state index contributed by atoms with van der Waals surface area (Å²) in [6, 6.07) is 4.66. The van der Waals surface area contributed by atoms with Crippen LogP contribution in [0.2, 0.25) is 5.02 Å². The average molecular weight is 236 g/mol. The fraction of sp³-hybridized carbons (Fsp3) is 0.250. The molecule has 1 heterocycles. The Hall–Kier alpha value is -1.66. The van der Waals surface area contributed by atoms with Crippen LogP contribution in [0.15, 0.2) is 18.2 Å². The van der Waals surface area contributed by atoms with Gasteiger partial charge < -0.3 is 10.0 Å². The number of nitrogens with zero attached hydrogens (tertiary/aromatic N) is 1. The highest BCUT2D eigenvalue weighted by Crippen LogP contribution is 2.33. The third-order valence-electron chi connectivity index (χ3n) is 2.59. The Bertz CT molecular complexity index is 478. The SMILES string of the molecule is C#CC1CC(=O)N(c2ccc(Cl)cc2O)C1. The lowest BCUT2D eigenvalue weighted by Crippen LogP contribution is -2.24. The first kappa shape index (κ1) is 10.8. The maximum Gasteiger partial charge on any atom is 0.228 e. The number of aromatic hydroxyl groups is 1. The Balaban J connectivity index is 2.32.